The van der Waals surface area contributed by atoms with Crippen molar-refractivity contribution in [1.29, 1.82) is 0 Å². The van der Waals surface area contributed by atoms with Gasteiger partial charge in [0, 0.05) is 0 Å². The Hall–Kier alpha value is -1.09. The van der Waals surface area contributed by atoms with Crippen LogP contribution in [0.3, 0.4) is 0 Å². The molecular weight excluding hydrogens is 312 g/mol. The van der Waals surface area contributed by atoms with Gasteiger partial charge in [0.05, 0.1) is 6.04 Å². The molecule has 2 N–H and O–H groups in total. The molecule has 21 heavy (non-hydrogen) atoms. The number of hydrogen-bond acceptors (Lipinski definition) is 1. The summed E-state index contributed by atoms with van der Waals surface area (Å²) < 4.78 is 102. The van der Waals surface area contributed by atoms with Gasteiger partial charge in [0.15, 0.2) is 5.84 Å². The molecule has 1 rings (SSSR count). The van der Waals surface area contributed by atoms with E-state index in [2.05, 4.69) is 4.99 Å². The summed E-state index contributed by atoms with van der Waals surface area (Å²) in [7, 11) is 0. The Balaban J connectivity index is 3.04. The zero-order valence-electron chi connectivity index (χ0n) is 10.7. The third-order valence-corrected chi connectivity index (χ3v) is 3.31. The van der Waals surface area contributed by atoms with Crippen molar-refractivity contribution in [2.24, 2.45) is 10.7 Å². The quantitative estimate of drug-likeness (QED) is 0.465. The topological polar surface area (TPSA) is 38.4 Å². The van der Waals surface area contributed by atoms with Crippen molar-refractivity contribution < 1.29 is 35.1 Å². The van der Waals surface area contributed by atoms with E-state index >= 15 is 0 Å². The fraction of sp³-hybridized carbons (Fsp3) is 0.909. The number of nitrogens with two attached hydrogens (primary N) is 1. The van der Waals surface area contributed by atoms with Gasteiger partial charge in [-0.3, -0.25) is 4.99 Å². The highest BCUT2D eigenvalue weighted by molar-refractivity contribution is 5.88. The Kier molecular flexibility index (Phi) is 5.09. The molecule has 0 heterocycles. The summed E-state index contributed by atoms with van der Waals surface area (Å²) in [5.74, 6) is -20.3. The number of hydrogen-bond donors (Lipinski definition) is 1. The first-order valence-corrected chi connectivity index (χ1v) is 6.20. The van der Waals surface area contributed by atoms with Crippen molar-refractivity contribution in [3.8, 4) is 0 Å². The molecule has 1 fully saturated rings. The van der Waals surface area contributed by atoms with Crippen molar-refractivity contribution in [3.63, 3.8) is 0 Å². The number of amidine groups is 1. The van der Waals surface area contributed by atoms with Gasteiger partial charge in [-0.05, 0) is 12.8 Å². The summed E-state index contributed by atoms with van der Waals surface area (Å²) in [6, 6.07) is -0.791. The van der Waals surface area contributed by atoms with Gasteiger partial charge < -0.3 is 5.73 Å². The monoisotopic (exact) mass is 326 g/mol. The average Bonchev–Trinajstić information content (AvgIpc) is 2.39. The SMILES string of the molecule is NC(=NC1CCCCC1)C(F)(F)C(F)(F)C(F)(F)C(F)F. The smallest absolute Gasteiger partial charge is 0.382 e. The van der Waals surface area contributed by atoms with Crippen LogP contribution in [0.15, 0.2) is 4.99 Å². The van der Waals surface area contributed by atoms with Crippen LogP contribution in [-0.4, -0.2) is 36.1 Å². The minimum absolute atomic E-state index is 0.299. The molecule has 1 aliphatic rings. The summed E-state index contributed by atoms with van der Waals surface area (Å²) in [6.45, 7) is 0. The molecule has 0 radical (unpaired) electrons. The highest BCUT2D eigenvalue weighted by Crippen LogP contribution is 2.48. The molecule has 0 saturated heterocycles. The molecule has 1 aliphatic carbocycles. The molecule has 124 valence electrons. The van der Waals surface area contributed by atoms with E-state index in [4.69, 9.17) is 5.73 Å². The summed E-state index contributed by atoms with van der Waals surface area (Å²) in [5, 5.41) is 0. The molecule has 1 saturated carbocycles. The fourth-order valence-electron chi connectivity index (χ4n) is 2.00. The maximum atomic E-state index is 13.4. The van der Waals surface area contributed by atoms with E-state index in [1.807, 2.05) is 0 Å². The van der Waals surface area contributed by atoms with Gasteiger partial charge in [-0.25, -0.2) is 8.78 Å². The van der Waals surface area contributed by atoms with Crippen LogP contribution in [0, 0.1) is 0 Å². The molecule has 0 aromatic carbocycles. The van der Waals surface area contributed by atoms with Gasteiger partial charge >= 0.3 is 24.2 Å². The van der Waals surface area contributed by atoms with Crippen LogP contribution in [0.25, 0.3) is 0 Å². The Morgan fingerprint density at radius 1 is 0.952 bits per heavy atom. The Morgan fingerprint density at radius 3 is 1.86 bits per heavy atom. The van der Waals surface area contributed by atoms with Gasteiger partial charge in [0.2, 0.25) is 0 Å². The van der Waals surface area contributed by atoms with Crippen LogP contribution in [0.2, 0.25) is 0 Å². The first-order valence-electron chi connectivity index (χ1n) is 6.20. The zero-order valence-corrected chi connectivity index (χ0v) is 10.7. The van der Waals surface area contributed by atoms with E-state index in [-0.39, 0.29) is 0 Å². The van der Waals surface area contributed by atoms with Gasteiger partial charge in [-0.15, -0.1) is 0 Å². The number of alkyl halides is 8. The second-order valence-corrected chi connectivity index (χ2v) is 4.88. The highest BCUT2D eigenvalue weighted by atomic mass is 19.4. The summed E-state index contributed by atoms with van der Waals surface area (Å²) in [4.78, 5) is 3.13. The second kappa shape index (κ2) is 5.96. The van der Waals surface area contributed by atoms with E-state index in [1.165, 1.54) is 0 Å². The lowest BCUT2D eigenvalue weighted by Crippen LogP contribution is -2.62. The van der Waals surface area contributed by atoms with Crippen molar-refractivity contribution in [2.45, 2.75) is 62.3 Å². The second-order valence-electron chi connectivity index (χ2n) is 4.88. The van der Waals surface area contributed by atoms with Gasteiger partial charge in [0.25, 0.3) is 0 Å². The van der Waals surface area contributed by atoms with Crippen molar-refractivity contribution >= 4 is 5.84 Å². The van der Waals surface area contributed by atoms with Gasteiger partial charge in [-0.2, -0.15) is 26.3 Å². The number of aliphatic imine (C=N–C) groups is 1. The highest BCUT2D eigenvalue weighted by Gasteiger charge is 2.76. The lowest BCUT2D eigenvalue weighted by molar-refractivity contribution is -0.319. The molecule has 10 heteroatoms. The third-order valence-electron chi connectivity index (χ3n) is 3.31. The molecule has 0 spiro atoms. The average molecular weight is 326 g/mol. The molecule has 0 aliphatic heterocycles. The third kappa shape index (κ3) is 3.23. The molecule has 0 unspecified atom stereocenters. The van der Waals surface area contributed by atoms with E-state index in [9.17, 15) is 35.1 Å². The summed E-state index contributed by atoms with van der Waals surface area (Å²) in [6.07, 6.45) is -2.34. The van der Waals surface area contributed by atoms with Crippen LogP contribution < -0.4 is 5.73 Å². The van der Waals surface area contributed by atoms with Crippen LogP contribution in [0.1, 0.15) is 32.1 Å². The van der Waals surface area contributed by atoms with Crippen molar-refractivity contribution in [3.05, 3.63) is 0 Å². The number of halogens is 8. The van der Waals surface area contributed by atoms with Crippen LogP contribution in [-0.2, 0) is 0 Å². The lowest BCUT2D eigenvalue weighted by Gasteiger charge is -2.32. The van der Waals surface area contributed by atoms with Gasteiger partial charge in [-0.1, -0.05) is 19.3 Å². The Morgan fingerprint density at radius 2 is 1.43 bits per heavy atom. The van der Waals surface area contributed by atoms with E-state index in [1.54, 1.807) is 0 Å². The fourth-order valence-corrected chi connectivity index (χ4v) is 2.00. The van der Waals surface area contributed by atoms with E-state index in [0.29, 0.717) is 25.7 Å². The molecule has 2 nitrogen and oxygen atoms in total. The minimum atomic E-state index is -6.34. The van der Waals surface area contributed by atoms with Crippen LogP contribution >= 0.6 is 0 Å². The molecule has 0 aromatic heterocycles. The predicted octanol–water partition coefficient (Wildman–Crippen LogP) is 3.85. The summed E-state index contributed by atoms with van der Waals surface area (Å²) in [5.41, 5.74) is 4.71. The summed E-state index contributed by atoms with van der Waals surface area (Å²) >= 11 is 0. The predicted molar refractivity (Wildman–Crippen MR) is 59.3 cm³/mol. The van der Waals surface area contributed by atoms with Crippen LogP contribution in [0.4, 0.5) is 35.1 Å². The standard InChI is InChI=1S/C11H14F8N2/c12-7(13)9(14,15)11(18,19)10(16,17)8(20)21-6-4-2-1-3-5-6/h6-7H,1-5H2,(H2,20,21). The molecule has 0 atom stereocenters. The van der Waals surface area contributed by atoms with Gasteiger partial charge in [0.1, 0.15) is 0 Å². The van der Waals surface area contributed by atoms with E-state index in [0.717, 1.165) is 6.42 Å². The van der Waals surface area contributed by atoms with Crippen molar-refractivity contribution in [2.75, 3.05) is 0 Å². The zero-order chi connectivity index (χ0) is 16.5. The number of nitrogens with zero attached hydrogens (tertiary/aromatic N) is 1. The first-order chi connectivity index (χ1) is 9.44. The molecular formula is C11H14F8N2. The van der Waals surface area contributed by atoms with Crippen LogP contribution in [0.5, 0.6) is 0 Å². The molecule has 0 bridgehead atoms. The Bertz CT molecular complexity index is 388. The normalized spacial score (nSPS) is 20.1. The number of rotatable bonds is 5. The molecule has 0 amide bonds. The minimum Gasteiger partial charge on any atom is -0.382 e. The largest absolute Gasteiger partial charge is 0.385 e. The maximum absolute atomic E-state index is 13.4. The van der Waals surface area contributed by atoms with Crippen molar-refractivity contribution in [1.82, 2.24) is 0 Å². The lowest BCUT2D eigenvalue weighted by atomic mass is 9.95. The van der Waals surface area contributed by atoms with E-state index < -0.39 is 36.1 Å². The maximum Gasteiger partial charge on any atom is 0.385 e. The Labute approximate surface area is 115 Å². The first kappa shape index (κ1) is 18.0. The molecule has 0 aromatic rings.